The zero-order valence-electron chi connectivity index (χ0n) is 15.3. The van der Waals surface area contributed by atoms with Gasteiger partial charge < -0.3 is 13.9 Å². The van der Waals surface area contributed by atoms with Gasteiger partial charge in [0, 0.05) is 16.6 Å². The normalized spacial score (nSPS) is 19.1. The van der Waals surface area contributed by atoms with Crippen LogP contribution in [0.2, 0.25) is 5.02 Å². The molecular weight excluding hydrogens is 378 g/mol. The predicted octanol–water partition coefficient (Wildman–Crippen LogP) is 4.50. The molecule has 0 saturated carbocycles. The van der Waals surface area contributed by atoms with Crippen molar-refractivity contribution in [1.29, 1.82) is 0 Å². The Hall–Kier alpha value is -2.57. The fraction of sp³-hybridized carbons (Fsp3) is 0.333. The summed E-state index contributed by atoms with van der Waals surface area (Å²) < 4.78 is 17.3. The SMILES string of the molecule is Clc1ccc(-c2nnc(CN3CCCC3c3ccc4c(c3)OCCO4)o2)cc1. The maximum absolute atomic E-state index is 5.95. The van der Waals surface area contributed by atoms with Crippen LogP contribution in [0.5, 0.6) is 11.5 Å². The molecule has 3 heterocycles. The Morgan fingerprint density at radius 2 is 1.82 bits per heavy atom. The van der Waals surface area contributed by atoms with E-state index in [9.17, 15) is 0 Å². The predicted molar refractivity (Wildman–Crippen MR) is 105 cm³/mol. The second-order valence-corrected chi connectivity index (χ2v) is 7.48. The van der Waals surface area contributed by atoms with Gasteiger partial charge in [-0.05, 0) is 61.3 Å². The smallest absolute Gasteiger partial charge is 0.247 e. The fourth-order valence-corrected chi connectivity index (χ4v) is 3.99. The van der Waals surface area contributed by atoms with Gasteiger partial charge in [-0.3, -0.25) is 4.90 Å². The van der Waals surface area contributed by atoms with Gasteiger partial charge in [0.15, 0.2) is 11.5 Å². The van der Waals surface area contributed by atoms with Crippen LogP contribution in [-0.4, -0.2) is 34.9 Å². The first-order valence-corrected chi connectivity index (χ1v) is 9.86. The summed E-state index contributed by atoms with van der Waals surface area (Å²) in [4.78, 5) is 2.38. The van der Waals surface area contributed by atoms with E-state index in [0.29, 0.717) is 42.6 Å². The molecule has 5 rings (SSSR count). The van der Waals surface area contributed by atoms with Gasteiger partial charge in [-0.2, -0.15) is 0 Å². The molecule has 2 aromatic carbocycles. The third-order valence-corrected chi connectivity index (χ3v) is 5.46. The highest BCUT2D eigenvalue weighted by atomic mass is 35.5. The van der Waals surface area contributed by atoms with E-state index in [2.05, 4.69) is 27.2 Å². The van der Waals surface area contributed by atoms with E-state index in [1.807, 2.05) is 30.3 Å². The number of hydrogen-bond acceptors (Lipinski definition) is 6. The van der Waals surface area contributed by atoms with E-state index in [1.54, 1.807) is 0 Å². The molecule has 2 aliphatic rings. The van der Waals surface area contributed by atoms with Crippen molar-refractivity contribution < 1.29 is 13.9 Å². The highest BCUT2D eigenvalue weighted by Gasteiger charge is 2.28. The summed E-state index contributed by atoms with van der Waals surface area (Å²) in [6, 6.07) is 13.9. The van der Waals surface area contributed by atoms with Gasteiger partial charge in [0.05, 0.1) is 6.54 Å². The molecule has 6 nitrogen and oxygen atoms in total. The van der Waals surface area contributed by atoms with E-state index in [-0.39, 0.29) is 0 Å². The summed E-state index contributed by atoms with van der Waals surface area (Å²) in [5.74, 6) is 2.79. The summed E-state index contributed by atoms with van der Waals surface area (Å²) in [7, 11) is 0. The van der Waals surface area contributed by atoms with Gasteiger partial charge in [0.2, 0.25) is 11.8 Å². The molecule has 2 aliphatic heterocycles. The first-order chi connectivity index (χ1) is 13.8. The number of fused-ring (bicyclic) bond motifs is 1. The Labute approximate surface area is 168 Å². The number of nitrogens with zero attached hydrogens (tertiary/aromatic N) is 3. The summed E-state index contributed by atoms with van der Waals surface area (Å²) in [5, 5.41) is 9.11. The average Bonchev–Trinajstić information content (AvgIpc) is 3.38. The molecule has 0 radical (unpaired) electrons. The standard InChI is InChI=1S/C21H20ClN3O3/c22-16-6-3-14(4-7-16)21-24-23-20(28-21)13-25-9-1-2-17(25)15-5-8-18-19(12-15)27-11-10-26-18/h3-8,12,17H,1-2,9-11,13H2. The molecule has 0 spiro atoms. The van der Waals surface area contributed by atoms with Crippen molar-refractivity contribution in [3.8, 4) is 23.0 Å². The number of ether oxygens (including phenoxy) is 2. The van der Waals surface area contributed by atoms with Crippen molar-refractivity contribution in [3.05, 3.63) is 58.9 Å². The summed E-state index contributed by atoms with van der Waals surface area (Å²) in [6.07, 6.45) is 2.23. The Kier molecular flexibility index (Phi) is 4.66. The fourth-order valence-electron chi connectivity index (χ4n) is 3.86. The lowest BCUT2D eigenvalue weighted by Gasteiger charge is -2.25. The quantitative estimate of drug-likeness (QED) is 0.646. The molecule has 0 bridgehead atoms. The van der Waals surface area contributed by atoms with Crippen LogP contribution >= 0.6 is 11.6 Å². The highest BCUT2D eigenvalue weighted by molar-refractivity contribution is 6.30. The van der Waals surface area contributed by atoms with Crippen molar-refractivity contribution in [3.63, 3.8) is 0 Å². The number of likely N-dealkylation sites (tertiary alicyclic amines) is 1. The van der Waals surface area contributed by atoms with Crippen molar-refractivity contribution in [2.75, 3.05) is 19.8 Å². The molecule has 0 aliphatic carbocycles. The summed E-state index contributed by atoms with van der Waals surface area (Å²) >= 11 is 5.95. The monoisotopic (exact) mass is 397 g/mol. The molecule has 28 heavy (non-hydrogen) atoms. The Balaban J connectivity index is 1.33. The molecule has 3 aromatic rings. The number of aromatic nitrogens is 2. The minimum atomic E-state index is 0.307. The molecule has 1 aromatic heterocycles. The second-order valence-electron chi connectivity index (χ2n) is 7.04. The molecule has 1 unspecified atom stereocenters. The van der Waals surface area contributed by atoms with Crippen molar-refractivity contribution >= 4 is 11.6 Å². The Bertz CT molecular complexity index is 973. The topological polar surface area (TPSA) is 60.6 Å². The van der Waals surface area contributed by atoms with Crippen LogP contribution in [0.4, 0.5) is 0 Å². The molecule has 1 fully saturated rings. The first kappa shape index (κ1) is 17.5. The lowest BCUT2D eigenvalue weighted by atomic mass is 10.0. The van der Waals surface area contributed by atoms with Gasteiger partial charge in [0.25, 0.3) is 0 Å². The van der Waals surface area contributed by atoms with Crippen LogP contribution in [0.1, 0.15) is 30.3 Å². The van der Waals surface area contributed by atoms with Crippen molar-refractivity contribution in [2.45, 2.75) is 25.4 Å². The van der Waals surface area contributed by atoms with Crippen LogP contribution in [0.15, 0.2) is 46.9 Å². The summed E-state index contributed by atoms with van der Waals surface area (Å²) in [5.41, 5.74) is 2.10. The van der Waals surface area contributed by atoms with E-state index in [4.69, 9.17) is 25.5 Å². The summed E-state index contributed by atoms with van der Waals surface area (Å²) in [6.45, 7) is 2.83. The van der Waals surface area contributed by atoms with E-state index in [0.717, 1.165) is 36.4 Å². The number of halogens is 1. The lowest BCUT2D eigenvalue weighted by molar-refractivity contribution is 0.170. The molecule has 7 heteroatoms. The largest absolute Gasteiger partial charge is 0.486 e. The van der Waals surface area contributed by atoms with Gasteiger partial charge in [-0.15, -0.1) is 10.2 Å². The number of rotatable bonds is 4. The molecule has 0 N–H and O–H groups in total. The molecule has 1 atom stereocenters. The van der Waals surface area contributed by atoms with Crippen molar-refractivity contribution in [2.24, 2.45) is 0 Å². The number of benzene rings is 2. The minimum Gasteiger partial charge on any atom is -0.486 e. The van der Waals surface area contributed by atoms with Crippen LogP contribution in [0.25, 0.3) is 11.5 Å². The Morgan fingerprint density at radius 1 is 1.00 bits per heavy atom. The van der Waals surface area contributed by atoms with Gasteiger partial charge in [-0.25, -0.2) is 0 Å². The maximum atomic E-state index is 5.95. The van der Waals surface area contributed by atoms with Crippen LogP contribution in [0.3, 0.4) is 0 Å². The Morgan fingerprint density at radius 3 is 2.68 bits per heavy atom. The first-order valence-electron chi connectivity index (χ1n) is 9.48. The molecule has 1 saturated heterocycles. The lowest BCUT2D eigenvalue weighted by Crippen LogP contribution is -2.23. The molecule has 144 valence electrons. The van der Waals surface area contributed by atoms with Crippen LogP contribution < -0.4 is 9.47 Å². The third kappa shape index (κ3) is 3.45. The average molecular weight is 398 g/mol. The van der Waals surface area contributed by atoms with E-state index in [1.165, 1.54) is 5.56 Å². The zero-order chi connectivity index (χ0) is 18.9. The minimum absolute atomic E-state index is 0.307. The van der Waals surface area contributed by atoms with Gasteiger partial charge in [-0.1, -0.05) is 17.7 Å². The maximum Gasteiger partial charge on any atom is 0.247 e. The van der Waals surface area contributed by atoms with Gasteiger partial charge in [0.1, 0.15) is 13.2 Å². The highest BCUT2D eigenvalue weighted by Crippen LogP contribution is 2.38. The van der Waals surface area contributed by atoms with Crippen molar-refractivity contribution in [1.82, 2.24) is 15.1 Å². The van der Waals surface area contributed by atoms with E-state index >= 15 is 0 Å². The van der Waals surface area contributed by atoms with Crippen LogP contribution in [-0.2, 0) is 6.54 Å². The number of hydrogen-bond donors (Lipinski definition) is 0. The second kappa shape index (κ2) is 7.45. The third-order valence-electron chi connectivity index (χ3n) is 5.21. The molecular formula is C21H20ClN3O3. The molecule has 0 amide bonds. The van der Waals surface area contributed by atoms with Crippen LogP contribution in [0, 0.1) is 0 Å². The van der Waals surface area contributed by atoms with Gasteiger partial charge >= 0.3 is 0 Å². The van der Waals surface area contributed by atoms with E-state index < -0.39 is 0 Å². The zero-order valence-corrected chi connectivity index (χ0v) is 16.1.